The summed E-state index contributed by atoms with van der Waals surface area (Å²) in [4.78, 5) is 28.4. The van der Waals surface area contributed by atoms with E-state index in [4.69, 9.17) is 9.47 Å². The van der Waals surface area contributed by atoms with Gasteiger partial charge >= 0.3 is 5.97 Å². The van der Waals surface area contributed by atoms with Gasteiger partial charge in [0.05, 0.1) is 12.8 Å². The molecule has 1 heterocycles. The number of amides is 1. The van der Waals surface area contributed by atoms with Gasteiger partial charge in [-0.15, -0.1) is 11.3 Å². The van der Waals surface area contributed by atoms with E-state index in [1.807, 2.05) is 30.3 Å². The maximum atomic E-state index is 12.1. The Kier molecular flexibility index (Phi) is 6.20. The molecule has 2 aromatic carbocycles. The molecule has 0 aliphatic heterocycles. The van der Waals surface area contributed by atoms with E-state index in [9.17, 15) is 9.59 Å². The van der Waals surface area contributed by atoms with Crippen LogP contribution in [0.1, 0.15) is 10.5 Å². The first-order chi connectivity index (χ1) is 13.1. The summed E-state index contributed by atoms with van der Waals surface area (Å²) in [7, 11) is 1.60. The zero-order valence-corrected chi connectivity index (χ0v) is 16.7. The first kappa shape index (κ1) is 19.1. The zero-order chi connectivity index (χ0) is 19.2. The fraction of sp³-hybridized carbons (Fsp3) is 0.105. The Bertz CT molecular complexity index is 956. The number of methoxy groups -OCH3 is 1. The average molecular weight is 447 g/mol. The second kappa shape index (κ2) is 8.79. The van der Waals surface area contributed by atoms with Crippen molar-refractivity contribution in [3.8, 4) is 16.3 Å². The predicted octanol–water partition coefficient (Wildman–Crippen LogP) is 4.38. The highest BCUT2D eigenvalue weighted by atomic mass is 79.9. The van der Waals surface area contributed by atoms with Gasteiger partial charge in [0.1, 0.15) is 10.8 Å². The van der Waals surface area contributed by atoms with E-state index in [1.165, 1.54) is 11.3 Å². The molecule has 138 valence electrons. The number of hydrogen-bond acceptors (Lipinski definition) is 6. The van der Waals surface area contributed by atoms with E-state index in [2.05, 4.69) is 26.2 Å². The van der Waals surface area contributed by atoms with Crippen LogP contribution in [0.4, 0.5) is 5.69 Å². The molecule has 0 aliphatic rings. The largest absolute Gasteiger partial charge is 0.497 e. The van der Waals surface area contributed by atoms with Gasteiger partial charge in [-0.1, -0.05) is 12.1 Å². The quantitative estimate of drug-likeness (QED) is 0.568. The molecule has 0 atom stereocenters. The van der Waals surface area contributed by atoms with Gasteiger partial charge in [-0.3, -0.25) is 4.79 Å². The molecule has 3 rings (SSSR count). The summed E-state index contributed by atoms with van der Waals surface area (Å²) in [6.45, 7) is -0.393. The molecule has 1 amide bonds. The Morgan fingerprint density at radius 1 is 1.15 bits per heavy atom. The summed E-state index contributed by atoms with van der Waals surface area (Å²) < 4.78 is 10.9. The Balaban J connectivity index is 1.57. The number of esters is 1. The maximum absolute atomic E-state index is 12.1. The summed E-state index contributed by atoms with van der Waals surface area (Å²) in [6, 6.07) is 14.5. The number of nitrogens with zero attached hydrogens (tertiary/aromatic N) is 1. The molecule has 1 aromatic heterocycles. The van der Waals surface area contributed by atoms with Crippen molar-refractivity contribution < 1.29 is 19.1 Å². The third kappa shape index (κ3) is 4.93. The van der Waals surface area contributed by atoms with Crippen LogP contribution >= 0.6 is 27.3 Å². The van der Waals surface area contributed by atoms with Gasteiger partial charge in [0.2, 0.25) is 0 Å². The van der Waals surface area contributed by atoms with Gasteiger partial charge in [0.15, 0.2) is 12.3 Å². The van der Waals surface area contributed by atoms with Gasteiger partial charge in [-0.2, -0.15) is 0 Å². The van der Waals surface area contributed by atoms with Crippen LogP contribution in [0.3, 0.4) is 0 Å². The number of benzene rings is 2. The van der Waals surface area contributed by atoms with Crippen molar-refractivity contribution in [3.05, 3.63) is 64.1 Å². The summed E-state index contributed by atoms with van der Waals surface area (Å²) >= 11 is 4.66. The molecule has 0 bridgehead atoms. The molecule has 0 saturated heterocycles. The summed E-state index contributed by atoms with van der Waals surface area (Å²) in [5.74, 6) is -0.333. The predicted molar refractivity (Wildman–Crippen MR) is 107 cm³/mol. The lowest BCUT2D eigenvalue weighted by molar-refractivity contribution is -0.119. The van der Waals surface area contributed by atoms with Crippen molar-refractivity contribution in [1.29, 1.82) is 0 Å². The summed E-state index contributed by atoms with van der Waals surface area (Å²) in [6.07, 6.45) is 0. The van der Waals surface area contributed by atoms with E-state index < -0.39 is 18.5 Å². The minimum atomic E-state index is -0.645. The van der Waals surface area contributed by atoms with Gasteiger partial charge in [-0.25, -0.2) is 9.78 Å². The van der Waals surface area contributed by atoms with Crippen LogP contribution in [0.2, 0.25) is 0 Å². The van der Waals surface area contributed by atoms with Crippen LogP contribution in [-0.2, 0) is 9.53 Å². The number of para-hydroxylation sites is 1. The fourth-order valence-corrected chi connectivity index (χ4v) is 3.37. The number of hydrogen-bond donors (Lipinski definition) is 1. The van der Waals surface area contributed by atoms with Crippen LogP contribution in [0.25, 0.3) is 10.6 Å². The lowest BCUT2D eigenvalue weighted by Gasteiger charge is -2.07. The van der Waals surface area contributed by atoms with E-state index in [-0.39, 0.29) is 5.69 Å². The fourth-order valence-electron chi connectivity index (χ4n) is 2.19. The average Bonchev–Trinajstić information content (AvgIpc) is 3.18. The lowest BCUT2D eigenvalue weighted by Crippen LogP contribution is -2.21. The smallest absolute Gasteiger partial charge is 0.358 e. The molecule has 0 fully saturated rings. The first-order valence-electron chi connectivity index (χ1n) is 7.88. The molecule has 3 aromatic rings. The molecule has 0 spiro atoms. The number of carbonyl (C=O) groups is 2. The van der Waals surface area contributed by atoms with Crippen molar-refractivity contribution in [3.63, 3.8) is 0 Å². The molecule has 0 saturated carbocycles. The van der Waals surface area contributed by atoms with Crippen molar-refractivity contribution in [2.75, 3.05) is 19.0 Å². The zero-order valence-electron chi connectivity index (χ0n) is 14.3. The highest BCUT2D eigenvalue weighted by Gasteiger charge is 2.15. The van der Waals surface area contributed by atoms with Crippen LogP contribution < -0.4 is 10.1 Å². The maximum Gasteiger partial charge on any atom is 0.358 e. The van der Waals surface area contributed by atoms with Crippen molar-refractivity contribution in [1.82, 2.24) is 4.98 Å². The van der Waals surface area contributed by atoms with Crippen LogP contribution in [0.5, 0.6) is 5.75 Å². The molecule has 27 heavy (non-hydrogen) atoms. The number of halogens is 1. The minimum Gasteiger partial charge on any atom is -0.497 e. The third-order valence-corrected chi connectivity index (χ3v) is 5.12. The number of aromatic nitrogens is 1. The van der Waals surface area contributed by atoms with Crippen LogP contribution in [-0.4, -0.2) is 30.6 Å². The molecule has 0 radical (unpaired) electrons. The van der Waals surface area contributed by atoms with Crippen molar-refractivity contribution >= 4 is 44.8 Å². The third-order valence-electron chi connectivity index (χ3n) is 3.53. The topological polar surface area (TPSA) is 77.5 Å². The number of ether oxygens (including phenoxy) is 2. The van der Waals surface area contributed by atoms with Gasteiger partial charge in [-0.05, 0) is 52.3 Å². The number of anilines is 1. The molecule has 0 aliphatic carbocycles. The van der Waals surface area contributed by atoms with E-state index in [1.54, 1.807) is 30.7 Å². The van der Waals surface area contributed by atoms with Gasteiger partial charge < -0.3 is 14.8 Å². The Hall–Kier alpha value is -2.71. The summed E-state index contributed by atoms with van der Waals surface area (Å²) in [5, 5.41) is 4.95. The molecule has 1 N–H and O–H groups in total. The molecule has 8 heteroatoms. The van der Waals surface area contributed by atoms with E-state index in [0.717, 1.165) is 15.8 Å². The van der Waals surface area contributed by atoms with E-state index >= 15 is 0 Å². The second-order valence-electron chi connectivity index (χ2n) is 5.37. The monoisotopic (exact) mass is 446 g/mol. The molecular formula is C19H15BrN2O4S. The Morgan fingerprint density at radius 2 is 1.89 bits per heavy atom. The number of carbonyl (C=O) groups excluding carboxylic acids is 2. The van der Waals surface area contributed by atoms with Crippen molar-refractivity contribution in [2.45, 2.75) is 0 Å². The number of thiazole rings is 1. The molecule has 0 unspecified atom stereocenters. The SMILES string of the molecule is COc1ccc(-c2nc(C(=O)OCC(=O)Nc3ccccc3Br)cs2)cc1. The highest BCUT2D eigenvalue weighted by molar-refractivity contribution is 9.10. The highest BCUT2D eigenvalue weighted by Crippen LogP contribution is 2.26. The number of rotatable bonds is 6. The normalized spacial score (nSPS) is 10.3. The van der Waals surface area contributed by atoms with E-state index in [0.29, 0.717) is 10.7 Å². The molecular weight excluding hydrogens is 432 g/mol. The van der Waals surface area contributed by atoms with Gasteiger partial charge in [0, 0.05) is 15.4 Å². The summed E-state index contributed by atoms with van der Waals surface area (Å²) in [5.41, 5.74) is 1.64. The second-order valence-corrected chi connectivity index (χ2v) is 7.08. The molecule has 6 nitrogen and oxygen atoms in total. The number of nitrogens with one attached hydrogen (secondary N) is 1. The Labute approximate surface area is 168 Å². The van der Waals surface area contributed by atoms with Crippen LogP contribution in [0, 0.1) is 0 Å². The Morgan fingerprint density at radius 3 is 2.59 bits per heavy atom. The van der Waals surface area contributed by atoms with Crippen molar-refractivity contribution in [2.24, 2.45) is 0 Å². The lowest BCUT2D eigenvalue weighted by atomic mass is 10.2. The van der Waals surface area contributed by atoms with Crippen LogP contribution in [0.15, 0.2) is 58.4 Å². The first-order valence-corrected chi connectivity index (χ1v) is 9.55. The van der Waals surface area contributed by atoms with Gasteiger partial charge in [0.25, 0.3) is 5.91 Å². The standard InChI is InChI=1S/C19H15BrN2O4S/c1-25-13-8-6-12(7-9-13)18-22-16(11-27-18)19(24)26-10-17(23)21-15-5-3-2-4-14(15)20/h2-9,11H,10H2,1H3,(H,21,23). The minimum absolute atomic E-state index is 0.166.